The molecule has 2 heterocycles. The zero-order valence-corrected chi connectivity index (χ0v) is 16.1. The fourth-order valence-electron chi connectivity index (χ4n) is 2.48. The van der Waals surface area contributed by atoms with E-state index >= 15 is 0 Å². The van der Waals surface area contributed by atoms with Crippen molar-refractivity contribution in [3.05, 3.63) is 55.8 Å². The fourth-order valence-corrected chi connectivity index (χ4v) is 2.48. The Kier molecular flexibility index (Phi) is 5.53. The number of aromatic hydroxyl groups is 1. The van der Waals surface area contributed by atoms with Gasteiger partial charge in [-0.05, 0) is 19.1 Å². The molecule has 0 atom stereocenters. The van der Waals surface area contributed by atoms with Gasteiger partial charge in [0.2, 0.25) is 5.88 Å². The second-order valence-corrected chi connectivity index (χ2v) is 6.28. The molecule has 1 N–H and O–H groups in total. The van der Waals surface area contributed by atoms with Gasteiger partial charge in [0.1, 0.15) is 11.1 Å². The van der Waals surface area contributed by atoms with Gasteiger partial charge in [0.25, 0.3) is 17.4 Å². The van der Waals surface area contributed by atoms with E-state index in [0.717, 1.165) is 18.9 Å². The van der Waals surface area contributed by atoms with E-state index in [-0.39, 0.29) is 11.1 Å². The summed E-state index contributed by atoms with van der Waals surface area (Å²) >= 11 is 0. The third-order valence-corrected chi connectivity index (χ3v) is 4.34. The lowest BCUT2D eigenvalue weighted by atomic mass is 10.1. The first-order valence-electron chi connectivity index (χ1n) is 8.14. The molecule has 0 aromatic carbocycles. The van der Waals surface area contributed by atoms with Crippen LogP contribution in [0.2, 0.25) is 0 Å². The Labute approximate surface area is 159 Å². The van der Waals surface area contributed by atoms with Crippen LogP contribution in [0.25, 0.3) is 6.08 Å². The molecule has 1 fully saturated rings. The molecule has 2 rings (SSSR count). The summed E-state index contributed by atoms with van der Waals surface area (Å²) in [6.45, 7) is 1.65. The van der Waals surface area contributed by atoms with Gasteiger partial charge >= 0.3 is 11.7 Å². The fraction of sp³-hybridized carbons (Fsp3) is 0.278. The molecule has 1 aliphatic heterocycles. The van der Waals surface area contributed by atoms with Gasteiger partial charge in [-0.1, -0.05) is 17.7 Å². The van der Waals surface area contributed by atoms with Crippen molar-refractivity contribution in [1.29, 1.82) is 0 Å². The van der Waals surface area contributed by atoms with Crippen LogP contribution in [0.1, 0.15) is 12.5 Å². The smallest absolute Gasteiger partial charge is 0.333 e. The average molecular weight is 388 g/mol. The van der Waals surface area contributed by atoms with Crippen LogP contribution >= 0.6 is 0 Å². The van der Waals surface area contributed by atoms with Gasteiger partial charge in [0.15, 0.2) is 0 Å². The summed E-state index contributed by atoms with van der Waals surface area (Å²) in [6, 6.07) is -0.714. The SMILES string of the molecule is CC(/C=C/c1c(O)n(C)c(=O)n(C)c1=O)=C\C=C1C(=O)N(C)C(=O)N(C)C1=O. The number of nitrogens with zero attached hydrogens (tertiary/aromatic N) is 4. The predicted molar refractivity (Wildman–Crippen MR) is 100 cm³/mol. The third-order valence-electron chi connectivity index (χ3n) is 4.34. The molecule has 10 heteroatoms. The summed E-state index contributed by atoms with van der Waals surface area (Å²) in [5, 5.41) is 10.0. The topological polar surface area (TPSA) is 122 Å². The molecule has 1 aromatic rings. The van der Waals surface area contributed by atoms with E-state index in [9.17, 15) is 29.1 Å². The largest absolute Gasteiger partial charge is 0.494 e. The van der Waals surface area contributed by atoms with Crippen LogP contribution in [0.4, 0.5) is 4.79 Å². The average Bonchev–Trinajstić information content (AvgIpc) is 2.67. The van der Waals surface area contributed by atoms with Crippen LogP contribution in [0.15, 0.2) is 39.0 Å². The number of likely N-dealkylation sites (N-methyl/N-ethyl adjacent to an activating group) is 2. The molecular weight excluding hydrogens is 368 g/mol. The van der Waals surface area contributed by atoms with Crippen molar-refractivity contribution in [3.8, 4) is 5.88 Å². The zero-order valence-electron chi connectivity index (χ0n) is 16.1. The molecular formula is C18H20N4O6. The van der Waals surface area contributed by atoms with Crippen molar-refractivity contribution in [2.24, 2.45) is 14.1 Å². The van der Waals surface area contributed by atoms with E-state index in [0.29, 0.717) is 5.57 Å². The number of carbonyl (C=O) groups is 3. The van der Waals surface area contributed by atoms with E-state index in [2.05, 4.69) is 0 Å². The normalized spacial score (nSPS) is 15.8. The van der Waals surface area contributed by atoms with Crippen molar-refractivity contribution in [2.45, 2.75) is 6.92 Å². The number of barbiturate groups is 1. The van der Waals surface area contributed by atoms with Crippen molar-refractivity contribution >= 4 is 23.9 Å². The highest BCUT2D eigenvalue weighted by Crippen LogP contribution is 2.16. The number of carbonyl (C=O) groups excluding carboxylic acids is 3. The first-order chi connectivity index (χ1) is 13.0. The lowest BCUT2D eigenvalue weighted by molar-refractivity contribution is -0.134. The van der Waals surface area contributed by atoms with E-state index < -0.39 is 35.0 Å². The van der Waals surface area contributed by atoms with Crippen LogP contribution in [0.5, 0.6) is 5.88 Å². The molecule has 148 valence electrons. The summed E-state index contributed by atoms with van der Waals surface area (Å²) in [5.74, 6) is -1.91. The third kappa shape index (κ3) is 3.43. The highest BCUT2D eigenvalue weighted by molar-refractivity contribution is 6.28. The second kappa shape index (κ2) is 7.51. The quantitative estimate of drug-likeness (QED) is 0.432. The molecule has 10 nitrogen and oxygen atoms in total. The Bertz CT molecular complexity index is 1060. The van der Waals surface area contributed by atoms with Gasteiger partial charge in [-0.25, -0.2) is 9.59 Å². The molecule has 4 amide bonds. The maximum atomic E-state index is 12.1. The van der Waals surface area contributed by atoms with Crippen LogP contribution in [-0.4, -0.2) is 56.0 Å². The van der Waals surface area contributed by atoms with Gasteiger partial charge in [-0.3, -0.25) is 33.3 Å². The Balaban J connectivity index is 2.38. The van der Waals surface area contributed by atoms with Gasteiger partial charge in [0.05, 0.1) is 0 Å². The van der Waals surface area contributed by atoms with Gasteiger partial charge in [0, 0.05) is 28.2 Å². The number of allylic oxidation sites excluding steroid dienone is 4. The highest BCUT2D eigenvalue weighted by Gasteiger charge is 2.37. The van der Waals surface area contributed by atoms with Crippen LogP contribution in [-0.2, 0) is 23.7 Å². The predicted octanol–water partition coefficient (Wildman–Crippen LogP) is -0.274. The lowest BCUT2D eigenvalue weighted by Gasteiger charge is -2.28. The number of urea groups is 1. The van der Waals surface area contributed by atoms with Crippen molar-refractivity contribution in [3.63, 3.8) is 0 Å². The number of hydrogen-bond acceptors (Lipinski definition) is 6. The molecule has 1 aliphatic rings. The summed E-state index contributed by atoms with van der Waals surface area (Å²) in [4.78, 5) is 61.5. The van der Waals surface area contributed by atoms with Crippen LogP contribution < -0.4 is 11.2 Å². The molecule has 0 saturated carbocycles. The first kappa shape index (κ1) is 20.6. The van der Waals surface area contributed by atoms with E-state index in [1.165, 1.54) is 52.5 Å². The molecule has 0 unspecified atom stereocenters. The van der Waals surface area contributed by atoms with E-state index in [1.54, 1.807) is 6.92 Å². The van der Waals surface area contributed by atoms with Crippen molar-refractivity contribution in [1.82, 2.24) is 18.9 Å². The Morgan fingerprint density at radius 1 is 0.893 bits per heavy atom. The number of aromatic nitrogens is 2. The Morgan fingerprint density at radius 2 is 1.43 bits per heavy atom. The minimum atomic E-state index is -0.717. The molecule has 0 bridgehead atoms. The molecule has 28 heavy (non-hydrogen) atoms. The number of hydrogen-bond donors (Lipinski definition) is 1. The lowest BCUT2D eigenvalue weighted by Crippen LogP contribution is -2.52. The zero-order chi connectivity index (χ0) is 21.3. The number of amides is 4. The van der Waals surface area contributed by atoms with Gasteiger partial charge in [-0.2, -0.15) is 0 Å². The molecule has 0 aliphatic carbocycles. The number of rotatable bonds is 3. The van der Waals surface area contributed by atoms with E-state index in [1.807, 2.05) is 0 Å². The Morgan fingerprint density at radius 3 is 1.96 bits per heavy atom. The minimum absolute atomic E-state index is 0.0834. The van der Waals surface area contributed by atoms with E-state index in [4.69, 9.17) is 0 Å². The second-order valence-electron chi connectivity index (χ2n) is 6.28. The van der Waals surface area contributed by atoms with Gasteiger partial charge < -0.3 is 5.11 Å². The highest BCUT2D eigenvalue weighted by atomic mass is 16.3. The number of imide groups is 2. The van der Waals surface area contributed by atoms with Crippen LogP contribution in [0.3, 0.4) is 0 Å². The maximum absolute atomic E-state index is 12.1. The molecule has 1 saturated heterocycles. The van der Waals surface area contributed by atoms with Gasteiger partial charge in [-0.15, -0.1) is 0 Å². The van der Waals surface area contributed by atoms with Crippen molar-refractivity contribution in [2.75, 3.05) is 14.1 Å². The monoisotopic (exact) mass is 388 g/mol. The summed E-state index contributed by atoms with van der Waals surface area (Å²) in [7, 11) is 5.17. The standard InChI is InChI=1S/C18H20N4O6/c1-10(6-8-11-13(23)19(2)17(27)20(3)14(11)24)7-9-12-15(25)21(4)18(28)22(5)16(12)26/h6-9,23H,1-5H3/b8-6+,10-7+. The summed E-state index contributed by atoms with van der Waals surface area (Å²) in [5.41, 5.74) is -1.04. The minimum Gasteiger partial charge on any atom is -0.494 e. The summed E-state index contributed by atoms with van der Waals surface area (Å²) in [6.07, 6.45) is 5.55. The Hall–Kier alpha value is -3.69. The van der Waals surface area contributed by atoms with Crippen LogP contribution in [0, 0.1) is 0 Å². The maximum Gasteiger partial charge on any atom is 0.333 e. The molecule has 1 aromatic heterocycles. The van der Waals surface area contributed by atoms with Crippen molar-refractivity contribution < 1.29 is 19.5 Å². The first-order valence-corrected chi connectivity index (χ1v) is 8.14. The molecule has 0 spiro atoms. The summed E-state index contributed by atoms with van der Waals surface area (Å²) < 4.78 is 1.80. The molecule has 0 radical (unpaired) electrons.